The Balaban J connectivity index is -0.0000000457. The Bertz CT molecular complexity index is 197. The van der Waals surface area contributed by atoms with Crippen molar-refractivity contribution in [3.8, 4) is 0 Å². The fourth-order valence-electron chi connectivity index (χ4n) is 0. The van der Waals surface area contributed by atoms with Crippen molar-refractivity contribution in [1.82, 2.24) is 0 Å². The molecule has 0 radical (unpaired) electrons. The maximum atomic E-state index is 8.74. The Kier molecular flexibility index (Phi) is 21.0. The van der Waals surface area contributed by atoms with Crippen LogP contribution in [0.4, 0.5) is 0 Å². The molecule has 0 rings (SSSR count). The van der Waals surface area contributed by atoms with Crippen molar-refractivity contribution in [2.75, 3.05) is 0 Å². The first kappa shape index (κ1) is 24.2. The Labute approximate surface area is 141 Å². The summed E-state index contributed by atoms with van der Waals surface area (Å²) in [6, 6.07) is 0. The van der Waals surface area contributed by atoms with Gasteiger partial charge in [-0.3, -0.25) is 9.11 Å². The summed E-state index contributed by atoms with van der Waals surface area (Å²) in [5.41, 5.74) is 0. The summed E-state index contributed by atoms with van der Waals surface area (Å²) >= 11 is 0. The van der Waals surface area contributed by atoms with Gasteiger partial charge < -0.3 is 19.2 Å². The molecular formula is H2CaKO8PS. The number of hydrogen-bond donors (Lipinski definition) is 2. The predicted molar refractivity (Wildman–Crippen MR) is 27.5 cm³/mol. The normalized spacial score (nSPS) is 9.75. The van der Waals surface area contributed by atoms with E-state index in [1.807, 2.05) is 0 Å². The summed E-state index contributed by atoms with van der Waals surface area (Å²) in [5, 5.41) is 0. The molecule has 8 nitrogen and oxygen atoms in total. The SMILES string of the molecule is O=P([O-])([O-])[O-].O=S(=O)(O)O.[Ca+2].[K+]. The molecule has 12 heteroatoms. The zero-order valence-electron chi connectivity index (χ0n) is 5.91. The van der Waals surface area contributed by atoms with Crippen LogP contribution < -0.4 is 66.1 Å². The van der Waals surface area contributed by atoms with E-state index in [1.54, 1.807) is 0 Å². The molecule has 0 saturated carbocycles. The molecule has 0 aliphatic rings. The van der Waals surface area contributed by atoms with Crippen molar-refractivity contribution >= 4 is 56.0 Å². The van der Waals surface area contributed by atoms with Gasteiger partial charge in [-0.15, -0.1) is 0 Å². The molecule has 0 aromatic heterocycles. The van der Waals surface area contributed by atoms with Gasteiger partial charge in [0, 0.05) is 0 Å². The molecule has 0 aliphatic heterocycles. The second-order valence-corrected chi connectivity index (χ2v) is 2.69. The van der Waals surface area contributed by atoms with Gasteiger partial charge in [0.15, 0.2) is 0 Å². The molecule has 0 aromatic carbocycles. The average Bonchev–Trinajstić information content (AvgIpc) is 1.12. The van der Waals surface area contributed by atoms with E-state index in [-0.39, 0.29) is 89.1 Å². The van der Waals surface area contributed by atoms with Gasteiger partial charge in [0.1, 0.15) is 0 Å². The summed E-state index contributed by atoms with van der Waals surface area (Å²) < 4.78 is 40.1. The first-order valence-corrected chi connectivity index (χ1v) is 4.29. The van der Waals surface area contributed by atoms with Crippen molar-refractivity contribution in [3.05, 3.63) is 0 Å². The molecule has 0 unspecified atom stereocenters. The second kappa shape index (κ2) is 10.4. The molecule has 0 fully saturated rings. The fraction of sp³-hybridized carbons (Fsp3) is 0. The molecule has 0 spiro atoms. The van der Waals surface area contributed by atoms with Gasteiger partial charge >= 0.3 is 99.5 Å². The van der Waals surface area contributed by atoms with E-state index in [2.05, 4.69) is 0 Å². The zero-order valence-corrected chi connectivity index (χ0v) is 12.9. The second-order valence-electron chi connectivity index (χ2n) is 0.895. The number of hydrogen-bond acceptors (Lipinski definition) is 6. The van der Waals surface area contributed by atoms with Crippen LogP contribution >= 0.6 is 7.82 Å². The standard InChI is InChI=1S/Ca.K.H3O4P.H2O4S/c;;2*1-5(2,3)4/h;;(H3,1,2,3,4);(H2,1,2,3,4)/q+2;+1;;/p-3. The Morgan fingerprint density at radius 1 is 1.08 bits per heavy atom. The number of phosphoric acid groups is 1. The molecule has 0 amide bonds. The maximum Gasteiger partial charge on any atom is 2.00 e. The summed E-state index contributed by atoms with van der Waals surface area (Å²) in [6.45, 7) is 0. The van der Waals surface area contributed by atoms with E-state index in [0.717, 1.165) is 0 Å². The molecule has 64 valence electrons. The van der Waals surface area contributed by atoms with Crippen LogP contribution in [-0.4, -0.2) is 55.3 Å². The quantitative estimate of drug-likeness (QED) is 0.250. The van der Waals surface area contributed by atoms with Crippen LogP contribution in [0.25, 0.3) is 0 Å². The van der Waals surface area contributed by atoms with Crippen LogP contribution in [0, 0.1) is 0 Å². The van der Waals surface area contributed by atoms with E-state index in [1.165, 1.54) is 0 Å². The third kappa shape index (κ3) is 220. The van der Waals surface area contributed by atoms with E-state index in [0.29, 0.717) is 0 Å². The third-order valence-corrected chi connectivity index (χ3v) is 0. The Hall–Kier alpha value is 2.88. The third-order valence-electron chi connectivity index (χ3n) is 0. The average molecular weight is 272 g/mol. The first-order chi connectivity index (χ1) is 4.00. The predicted octanol–water partition coefficient (Wildman–Crippen LogP) is -6.85. The van der Waals surface area contributed by atoms with Crippen LogP contribution in [0.3, 0.4) is 0 Å². The molecule has 0 aromatic rings. The summed E-state index contributed by atoms with van der Waals surface area (Å²) in [5.74, 6) is 0. The van der Waals surface area contributed by atoms with E-state index < -0.39 is 18.2 Å². The maximum absolute atomic E-state index is 8.74. The topological polar surface area (TPSA) is 161 Å². The molecule has 0 aliphatic carbocycles. The monoisotopic (exact) mass is 272 g/mol. The summed E-state index contributed by atoms with van der Waals surface area (Å²) in [6.07, 6.45) is 0. The Morgan fingerprint density at radius 2 is 1.08 bits per heavy atom. The van der Waals surface area contributed by atoms with Gasteiger partial charge in [-0.2, -0.15) is 16.2 Å². The van der Waals surface area contributed by atoms with Crippen molar-refractivity contribution in [3.63, 3.8) is 0 Å². The summed E-state index contributed by atoms with van der Waals surface area (Å²) in [4.78, 5) is 25.6. The van der Waals surface area contributed by atoms with Crippen LogP contribution in [0.1, 0.15) is 0 Å². The molecule has 2 N–H and O–H groups in total. The van der Waals surface area contributed by atoms with E-state index >= 15 is 0 Å². The van der Waals surface area contributed by atoms with Gasteiger partial charge in [-0.1, -0.05) is 0 Å². The molecule has 0 bridgehead atoms. The van der Waals surface area contributed by atoms with Gasteiger partial charge in [0.25, 0.3) is 0 Å². The Morgan fingerprint density at radius 3 is 1.08 bits per heavy atom. The smallest absolute Gasteiger partial charge is 0.822 e. The first-order valence-electron chi connectivity index (χ1n) is 1.43. The molecule has 0 saturated heterocycles. The van der Waals surface area contributed by atoms with Gasteiger partial charge in [-0.25, -0.2) is 0 Å². The summed E-state index contributed by atoms with van der Waals surface area (Å²) in [7, 11) is -10.1. The molecule has 12 heavy (non-hydrogen) atoms. The van der Waals surface area contributed by atoms with Crippen molar-refractivity contribution in [2.45, 2.75) is 0 Å². The van der Waals surface area contributed by atoms with Gasteiger partial charge in [0.05, 0.1) is 0 Å². The van der Waals surface area contributed by atoms with Crippen LogP contribution in [0.15, 0.2) is 0 Å². The van der Waals surface area contributed by atoms with E-state index in [9.17, 15) is 0 Å². The van der Waals surface area contributed by atoms with Crippen LogP contribution in [0.2, 0.25) is 0 Å². The minimum absolute atomic E-state index is 0. The largest absolute Gasteiger partial charge is 2.00 e. The van der Waals surface area contributed by atoms with Crippen molar-refractivity contribution < 1.29 is 88.2 Å². The van der Waals surface area contributed by atoms with Gasteiger partial charge in [-0.05, 0) is 0 Å². The molecular weight excluding hydrogens is 270 g/mol. The minimum Gasteiger partial charge on any atom is -0.822 e. The number of rotatable bonds is 0. The zero-order chi connectivity index (χ0) is 9.00. The van der Waals surface area contributed by atoms with Crippen molar-refractivity contribution in [2.24, 2.45) is 0 Å². The van der Waals surface area contributed by atoms with Crippen LogP contribution in [0.5, 0.6) is 0 Å². The van der Waals surface area contributed by atoms with Crippen LogP contribution in [-0.2, 0) is 15.0 Å². The van der Waals surface area contributed by atoms with Crippen molar-refractivity contribution in [1.29, 1.82) is 0 Å². The van der Waals surface area contributed by atoms with E-state index in [4.69, 9.17) is 36.8 Å². The minimum atomic E-state index is -5.39. The molecule has 0 heterocycles. The van der Waals surface area contributed by atoms with Gasteiger partial charge in [0.2, 0.25) is 0 Å². The molecule has 0 atom stereocenters. The fourth-order valence-corrected chi connectivity index (χ4v) is 0.